The molecule has 5 heteroatoms. The van der Waals surface area contributed by atoms with E-state index in [-0.39, 0.29) is 6.04 Å². The Morgan fingerprint density at radius 1 is 1.39 bits per heavy atom. The molecule has 0 spiro atoms. The Hall–Kier alpha value is -1.62. The van der Waals surface area contributed by atoms with E-state index in [2.05, 4.69) is 30.0 Å². The lowest BCUT2D eigenvalue weighted by Crippen LogP contribution is -2.16. The minimum Gasteiger partial charge on any atom is -0.340 e. The molecule has 0 aliphatic carbocycles. The first kappa shape index (κ1) is 12.8. The van der Waals surface area contributed by atoms with Gasteiger partial charge in [0, 0.05) is 31.9 Å². The summed E-state index contributed by atoms with van der Waals surface area (Å²) in [6.45, 7) is 5.09. The lowest BCUT2D eigenvalue weighted by molar-refractivity contribution is 0.581. The van der Waals surface area contributed by atoms with Gasteiger partial charge in [-0.05, 0) is 19.4 Å². The average molecular weight is 247 g/mol. The van der Waals surface area contributed by atoms with E-state index in [4.69, 9.17) is 5.73 Å². The molecule has 0 saturated heterocycles. The molecule has 0 aliphatic heterocycles. The van der Waals surface area contributed by atoms with Gasteiger partial charge in [-0.25, -0.2) is 4.98 Å². The summed E-state index contributed by atoms with van der Waals surface area (Å²) in [5.74, 6) is 0. The third-order valence-corrected chi connectivity index (χ3v) is 3.11. The van der Waals surface area contributed by atoms with Gasteiger partial charge in [0.2, 0.25) is 0 Å². The number of aryl methyl sites for hydroxylation is 3. The van der Waals surface area contributed by atoms with Crippen molar-refractivity contribution >= 4 is 0 Å². The van der Waals surface area contributed by atoms with Crippen molar-refractivity contribution in [1.82, 2.24) is 19.3 Å². The van der Waals surface area contributed by atoms with Crippen LogP contribution in [0, 0.1) is 0 Å². The molecule has 2 N–H and O–H groups in total. The molecule has 0 saturated carbocycles. The third-order valence-electron chi connectivity index (χ3n) is 3.11. The van der Waals surface area contributed by atoms with E-state index in [1.54, 1.807) is 6.33 Å². The van der Waals surface area contributed by atoms with Crippen LogP contribution in [0.25, 0.3) is 0 Å². The van der Waals surface area contributed by atoms with Crippen LogP contribution in [0.3, 0.4) is 0 Å². The van der Waals surface area contributed by atoms with Crippen LogP contribution < -0.4 is 5.73 Å². The summed E-state index contributed by atoms with van der Waals surface area (Å²) in [5.41, 5.74) is 9.44. The highest BCUT2D eigenvalue weighted by Gasteiger charge is 2.13. The number of imidazole rings is 1. The van der Waals surface area contributed by atoms with Gasteiger partial charge in [0.1, 0.15) is 0 Å². The van der Waals surface area contributed by atoms with E-state index in [0.29, 0.717) is 0 Å². The fourth-order valence-corrected chi connectivity index (χ4v) is 2.08. The molecule has 0 radical (unpaired) electrons. The molecule has 1 atom stereocenters. The molecule has 0 bridgehead atoms. The first-order chi connectivity index (χ1) is 8.63. The number of rotatable bonds is 5. The highest BCUT2D eigenvalue weighted by Crippen LogP contribution is 2.15. The van der Waals surface area contributed by atoms with Gasteiger partial charge in [-0.1, -0.05) is 6.92 Å². The summed E-state index contributed by atoms with van der Waals surface area (Å²) in [4.78, 5) is 4.30. The summed E-state index contributed by atoms with van der Waals surface area (Å²) in [6, 6.07) is 2.07. The van der Waals surface area contributed by atoms with E-state index in [0.717, 1.165) is 30.8 Å². The summed E-state index contributed by atoms with van der Waals surface area (Å²) in [5, 5.41) is 4.53. The maximum Gasteiger partial charge on any atom is 0.0947 e. The minimum atomic E-state index is -0.0714. The second-order valence-corrected chi connectivity index (χ2v) is 4.57. The molecule has 1 unspecified atom stereocenters. The Bertz CT molecular complexity index is 511. The van der Waals surface area contributed by atoms with E-state index in [1.165, 1.54) is 5.69 Å². The molecular formula is C13H21N5. The number of nitrogens with two attached hydrogens (primary N) is 1. The normalized spacial score (nSPS) is 12.9. The van der Waals surface area contributed by atoms with Crippen LogP contribution in [-0.2, 0) is 26.4 Å². The molecule has 18 heavy (non-hydrogen) atoms. The highest BCUT2D eigenvalue weighted by atomic mass is 15.3. The Morgan fingerprint density at radius 3 is 2.72 bits per heavy atom. The van der Waals surface area contributed by atoms with Gasteiger partial charge >= 0.3 is 0 Å². The number of hydrogen-bond acceptors (Lipinski definition) is 3. The highest BCUT2D eigenvalue weighted by molar-refractivity contribution is 5.15. The quantitative estimate of drug-likeness (QED) is 0.869. The van der Waals surface area contributed by atoms with E-state index < -0.39 is 0 Å². The van der Waals surface area contributed by atoms with Crippen molar-refractivity contribution in [3.63, 3.8) is 0 Å². The summed E-state index contributed by atoms with van der Waals surface area (Å²) in [6.07, 6.45) is 5.48. The van der Waals surface area contributed by atoms with Crippen molar-refractivity contribution in [2.24, 2.45) is 12.8 Å². The fraction of sp³-hybridized carbons (Fsp3) is 0.538. The largest absolute Gasteiger partial charge is 0.340 e. The van der Waals surface area contributed by atoms with Crippen molar-refractivity contribution in [2.75, 3.05) is 0 Å². The van der Waals surface area contributed by atoms with E-state index >= 15 is 0 Å². The van der Waals surface area contributed by atoms with Gasteiger partial charge < -0.3 is 10.3 Å². The molecular weight excluding hydrogens is 226 g/mol. The van der Waals surface area contributed by atoms with Crippen LogP contribution in [0.2, 0.25) is 0 Å². The zero-order chi connectivity index (χ0) is 13.1. The van der Waals surface area contributed by atoms with Gasteiger partial charge in [0.05, 0.1) is 23.8 Å². The van der Waals surface area contributed by atoms with Gasteiger partial charge in [-0.3, -0.25) is 4.68 Å². The minimum absolute atomic E-state index is 0.0714. The monoisotopic (exact) mass is 247 g/mol. The van der Waals surface area contributed by atoms with Gasteiger partial charge in [-0.2, -0.15) is 5.10 Å². The molecule has 2 rings (SSSR count). The van der Waals surface area contributed by atoms with Gasteiger partial charge in [0.25, 0.3) is 0 Å². The molecule has 2 heterocycles. The first-order valence-corrected chi connectivity index (χ1v) is 6.43. The second-order valence-electron chi connectivity index (χ2n) is 4.57. The van der Waals surface area contributed by atoms with Crippen LogP contribution in [0.1, 0.15) is 37.0 Å². The average Bonchev–Trinajstić information content (AvgIpc) is 2.95. The van der Waals surface area contributed by atoms with Crippen molar-refractivity contribution in [1.29, 1.82) is 0 Å². The van der Waals surface area contributed by atoms with Crippen LogP contribution in [0.5, 0.6) is 0 Å². The van der Waals surface area contributed by atoms with E-state index in [9.17, 15) is 0 Å². The van der Waals surface area contributed by atoms with Crippen molar-refractivity contribution in [2.45, 2.75) is 39.3 Å². The van der Waals surface area contributed by atoms with Gasteiger partial charge in [0.15, 0.2) is 0 Å². The standard InChI is InChI=1S/C13H21N5/c1-4-10-6-11(18(5-2)16-10)7-12(14)13-8-17(3)9-15-13/h6,8-9,12H,4-5,7,14H2,1-3H3. The molecule has 5 nitrogen and oxygen atoms in total. The zero-order valence-electron chi connectivity index (χ0n) is 11.3. The molecule has 2 aromatic heterocycles. The van der Waals surface area contributed by atoms with Crippen LogP contribution in [0.4, 0.5) is 0 Å². The molecule has 98 valence electrons. The predicted molar refractivity (Wildman–Crippen MR) is 71.1 cm³/mol. The zero-order valence-corrected chi connectivity index (χ0v) is 11.3. The summed E-state index contributed by atoms with van der Waals surface area (Å²) < 4.78 is 3.95. The Labute approximate surface area is 108 Å². The number of hydrogen-bond donors (Lipinski definition) is 1. The number of nitrogens with zero attached hydrogens (tertiary/aromatic N) is 4. The van der Waals surface area contributed by atoms with E-state index in [1.807, 2.05) is 22.5 Å². The smallest absolute Gasteiger partial charge is 0.0947 e. The molecule has 0 aliphatic rings. The molecule has 2 aromatic rings. The maximum atomic E-state index is 6.20. The fourth-order valence-electron chi connectivity index (χ4n) is 2.08. The SMILES string of the molecule is CCc1cc(CC(N)c2cn(C)cn2)n(CC)n1. The van der Waals surface area contributed by atoms with Crippen molar-refractivity contribution in [3.05, 3.63) is 35.7 Å². The summed E-state index contributed by atoms with van der Waals surface area (Å²) >= 11 is 0. The second kappa shape index (κ2) is 5.35. The van der Waals surface area contributed by atoms with Crippen LogP contribution in [0.15, 0.2) is 18.6 Å². The predicted octanol–water partition coefficient (Wildman–Crippen LogP) is 1.44. The Morgan fingerprint density at radius 2 is 2.17 bits per heavy atom. The van der Waals surface area contributed by atoms with Crippen molar-refractivity contribution in [3.8, 4) is 0 Å². The Kier molecular flexibility index (Phi) is 3.81. The Balaban J connectivity index is 2.15. The van der Waals surface area contributed by atoms with Crippen LogP contribution in [-0.4, -0.2) is 19.3 Å². The summed E-state index contributed by atoms with van der Waals surface area (Å²) in [7, 11) is 1.95. The molecule has 0 fully saturated rings. The van der Waals surface area contributed by atoms with Crippen molar-refractivity contribution < 1.29 is 0 Å². The van der Waals surface area contributed by atoms with Gasteiger partial charge in [-0.15, -0.1) is 0 Å². The number of aromatic nitrogens is 4. The lowest BCUT2D eigenvalue weighted by Gasteiger charge is -2.09. The maximum absolute atomic E-state index is 6.20. The third kappa shape index (κ3) is 2.61. The lowest BCUT2D eigenvalue weighted by atomic mass is 10.1. The molecule has 0 aromatic carbocycles. The topological polar surface area (TPSA) is 61.7 Å². The first-order valence-electron chi connectivity index (χ1n) is 6.43. The molecule has 0 amide bonds. The van der Waals surface area contributed by atoms with Crippen LogP contribution >= 0.6 is 0 Å².